The summed E-state index contributed by atoms with van der Waals surface area (Å²) in [5, 5.41) is 2.19. The zero-order valence-corrected chi connectivity index (χ0v) is 17.3. The summed E-state index contributed by atoms with van der Waals surface area (Å²) < 4.78 is 11.1. The van der Waals surface area contributed by atoms with Gasteiger partial charge in [-0.1, -0.05) is 18.2 Å². The highest BCUT2D eigenvalue weighted by molar-refractivity contribution is 7.09. The normalized spacial score (nSPS) is 23.8. The molecule has 2 aromatic rings. The molecule has 5 heteroatoms. The lowest BCUT2D eigenvalue weighted by atomic mass is 9.79. The first-order valence-corrected chi connectivity index (χ1v) is 10.8. The molecule has 0 saturated carbocycles. The van der Waals surface area contributed by atoms with E-state index in [1.807, 2.05) is 17.4 Å². The van der Waals surface area contributed by atoms with Crippen molar-refractivity contribution < 1.29 is 9.47 Å². The Hall–Kier alpha value is -1.56. The average Bonchev–Trinajstić information content (AvgIpc) is 3.32. The van der Waals surface area contributed by atoms with Crippen molar-refractivity contribution in [2.45, 2.75) is 32.4 Å². The van der Waals surface area contributed by atoms with Crippen LogP contribution in [0.3, 0.4) is 0 Å². The van der Waals surface area contributed by atoms with Crippen LogP contribution < -0.4 is 9.47 Å². The molecule has 1 unspecified atom stereocenters. The van der Waals surface area contributed by atoms with Crippen LogP contribution in [0.25, 0.3) is 0 Å². The van der Waals surface area contributed by atoms with Crippen LogP contribution in [0.2, 0.25) is 0 Å². The maximum Gasteiger partial charge on any atom is 0.165 e. The molecule has 4 rings (SSSR count). The minimum atomic E-state index is 0.460. The molecule has 146 valence electrons. The standard InChI is InChI=1S/C22H30N2O2S/c1-25-20-8-3-6-18(21(20)26-2)14-23-11-5-9-22(16-23)10-12-24(17-22)15-19-7-4-13-27-19/h3-4,6-8,13H,5,9-12,14-17H2,1-2H3. The summed E-state index contributed by atoms with van der Waals surface area (Å²) in [4.78, 5) is 6.76. The molecule has 0 bridgehead atoms. The topological polar surface area (TPSA) is 24.9 Å². The second kappa shape index (κ2) is 8.21. The minimum absolute atomic E-state index is 0.460. The van der Waals surface area contributed by atoms with Gasteiger partial charge >= 0.3 is 0 Å². The van der Waals surface area contributed by atoms with Gasteiger partial charge in [0.2, 0.25) is 0 Å². The minimum Gasteiger partial charge on any atom is -0.493 e. The summed E-state index contributed by atoms with van der Waals surface area (Å²) in [6.07, 6.45) is 3.98. The number of nitrogens with zero attached hydrogens (tertiary/aromatic N) is 2. The summed E-state index contributed by atoms with van der Waals surface area (Å²) in [6, 6.07) is 10.6. The third kappa shape index (κ3) is 4.15. The van der Waals surface area contributed by atoms with E-state index in [4.69, 9.17) is 9.47 Å². The summed E-state index contributed by atoms with van der Waals surface area (Å²) in [5.41, 5.74) is 1.68. The number of hydrogen-bond acceptors (Lipinski definition) is 5. The summed E-state index contributed by atoms with van der Waals surface area (Å²) in [7, 11) is 3.44. The van der Waals surface area contributed by atoms with E-state index < -0.39 is 0 Å². The summed E-state index contributed by atoms with van der Waals surface area (Å²) in [6.45, 7) is 6.88. The molecule has 2 aliphatic rings. The highest BCUT2D eigenvalue weighted by Crippen LogP contribution is 2.41. The van der Waals surface area contributed by atoms with E-state index >= 15 is 0 Å². The lowest BCUT2D eigenvalue weighted by Gasteiger charge is -2.40. The molecule has 1 aromatic heterocycles. The largest absolute Gasteiger partial charge is 0.493 e. The first-order valence-electron chi connectivity index (χ1n) is 9.88. The Kier molecular flexibility index (Phi) is 5.71. The van der Waals surface area contributed by atoms with Crippen LogP contribution in [0.4, 0.5) is 0 Å². The Morgan fingerprint density at radius 3 is 2.56 bits per heavy atom. The molecule has 0 amide bonds. The fraction of sp³-hybridized carbons (Fsp3) is 0.545. The zero-order valence-electron chi connectivity index (χ0n) is 16.4. The predicted octanol–water partition coefficient (Wildman–Crippen LogP) is 4.25. The quantitative estimate of drug-likeness (QED) is 0.741. The predicted molar refractivity (Wildman–Crippen MR) is 111 cm³/mol. The van der Waals surface area contributed by atoms with Gasteiger partial charge in [-0.25, -0.2) is 0 Å². The van der Waals surface area contributed by atoms with Crippen LogP contribution >= 0.6 is 11.3 Å². The first-order chi connectivity index (χ1) is 13.2. The molecule has 0 radical (unpaired) electrons. The molecule has 0 N–H and O–H groups in total. The average molecular weight is 387 g/mol. The maximum atomic E-state index is 5.64. The third-order valence-corrected chi connectivity index (χ3v) is 6.96. The van der Waals surface area contributed by atoms with Crippen LogP contribution in [0.1, 0.15) is 29.7 Å². The van der Waals surface area contributed by atoms with Crippen LogP contribution in [0.5, 0.6) is 11.5 Å². The molecule has 2 fully saturated rings. The summed E-state index contributed by atoms with van der Waals surface area (Å²) in [5.74, 6) is 1.70. The van der Waals surface area contributed by atoms with E-state index in [0.29, 0.717) is 5.41 Å². The van der Waals surface area contributed by atoms with Crippen molar-refractivity contribution in [2.24, 2.45) is 5.41 Å². The van der Waals surface area contributed by atoms with E-state index in [0.717, 1.165) is 24.6 Å². The number of ether oxygens (including phenoxy) is 2. The first kappa shape index (κ1) is 18.8. The Bertz CT molecular complexity index is 749. The van der Waals surface area contributed by atoms with E-state index in [1.54, 1.807) is 14.2 Å². The molecular weight excluding hydrogens is 356 g/mol. The number of thiophene rings is 1. The smallest absolute Gasteiger partial charge is 0.165 e. The second-order valence-corrected chi connectivity index (χ2v) is 9.04. The van der Waals surface area contributed by atoms with Gasteiger partial charge in [-0.15, -0.1) is 11.3 Å². The molecule has 27 heavy (non-hydrogen) atoms. The Morgan fingerprint density at radius 1 is 0.963 bits per heavy atom. The van der Waals surface area contributed by atoms with Crippen molar-refractivity contribution in [2.75, 3.05) is 40.4 Å². The Morgan fingerprint density at radius 2 is 1.81 bits per heavy atom. The van der Waals surface area contributed by atoms with E-state index in [-0.39, 0.29) is 0 Å². The van der Waals surface area contributed by atoms with Gasteiger partial charge in [0.15, 0.2) is 11.5 Å². The number of hydrogen-bond donors (Lipinski definition) is 0. The number of para-hydroxylation sites is 1. The Labute approximate surface area is 166 Å². The molecule has 1 atom stereocenters. The maximum absolute atomic E-state index is 5.64. The summed E-state index contributed by atoms with van der Waals surface area (Å²) >= 11 is 1.88. The van der Waals surface area contributed by atoms with Crippen LogP contribution in [-0.2, 0) is 13.1 Å². The van der Waals surface area contributed by atoms with Crippen molar-refractivity contribution >= 4 is 11.3 Å². The third-order valence-electron chi connectivity index (χ3n) is 6.10. The molecule has 0 aliphatic carbocycles. The number of rotatable bonds is 6. The van der Waals surface area contributed by atoms with Gasteiger partial charge in [0.1, 0.15) is 0 Å². The van der Waals surface area contributed by atoms with Crippen molar-refractivity contribution in [1.29, 1.82) is 0 Å². The number of likely N-dealkylation sites (tertiary alicyclic amines) is 2. The van der Waals surface area contributed by atoms with Gasteiger partial charge in [-0.2, -0.15) is 0 Å². The van der Waals surface area contributed by atoms with E-state index in [2.05, 4.69) is 39.4 Å². The lowest BCUT2D eigenvalue weighted by Crippen LogP contribution is -2.44. The van der Waals surface area contributed by atoms with Gasteiger partial charge in [-0.05, 0) is 55.3 Å². The molecule has 3 heterocycles. The Balaban J connectivity index is 1.42. The van der Waals surface area contributed by atoms with Crippen molar-refractivity contribution in [1.82, 2.24) is 9.80 Å². The SMILES string of the molecule is COc1cccc(CN2CCCC3(CCN(Cc4cccs4)C3)C2)c1OC. The van der Waals surface area contributed by atoms with Gasteiger partial charge < -0.3 is 9.47 Å². The fourth-order valence-corrected chi connectivity index (χ4v) is 5.63. The fourth-order valence-electron chi connectivity index (χ4n) is 4.88. The van der Waals surface area contributed by atoms with Gasteiger partial charge in [0.25, 0.3) is 0 Å². The molecule has 1 spiro atoms. The lowest BCUT2D eigenvalue weighted by molar-refractivity contribution is 0.0860. The van der Waals surface area contributed by atoms with Crippen molar-refractivity contribution in [3.63, 3.8) is 0 Å². The van der Waals surface area contributed by atoms with Crippen molar-refractivity contribution in [3.8, 4) is 11.5 Å². The molecule has 1 aromatic carbocycles. The van der Waals surface area contributed by atoms with Crippen LogP contribution in [0, 0.1) is 5.41 Å². The number of methoxy groups -OCH3 is 2. The zero-order chi connectivity index (χ0) is 18.7. The highest BCUT2D eigenvalue weighted by atomic mass is 32.1. The van der Waals surface area contributed by atoms with E-state index in [9.17, 15) is 0 Å². The van der Waals surface area contributed by atoms with Gasteiger partial charge in [-0.3, -0.25) is 9.80 Å². The van der Waals surface area contributed by atoms with Gasteiger partial charge in [0.05, 0.1) is 14.2 Å². The van der Waals surface area contributed by atoms with Crippen LogP contribution in [0.15, 0.2) is 35.7 Å². The number of benzene rings is 1. The molecule has 2 saturated heterocycles. The highest BCUT2D eigenvalue weighted by Gasteiger charge is 2.41. The second-order valence-electron chi connectivity index (χ2n) is 8.01. The molecular formula is C22H30N2O2S. The van der Waals surface area contributed by atoms with E-state index in [1.165, 1.54) is 55.9 Å². The monoisotopic (exact) mass is 386 g/mol. The molecule has 4 nitrogen and oxygen atoms in total. The molecule has 2 aliphatic heterocycles. The van der Waals surface area contributed by atoms with Crippen LogP contribution in [-0.4, -0.2) is 50.2 Å². The van der Waals surface area contributed by atoms with Gasteiger partial charge in [0, 0.05) is 36.6 Å². The van der Waals surface area contributed by atoms with Crippen molar-refractivity contribution in [3.05, 3.63) is 46.2 Å². The number of piperidine rings is 1.